The molecule has 3 aromatic rings. The van der Waals surface area contributed by atoms with Crippen LogP contribution >= 0.6 is 0 Å². The molecule has 23 heavy (non-hydrogen) atoms. The molecular formula is C19H20N2O2. The lowest BCUT2D eigenvalue weighted by molar-refractivity contribution is 0.414. The second-order valence-corrected chi connectivity index (χ2v) is 6.28. The van der Waals surface area contributed by atoms with Crippen LogP contribution in [0.1, 0.15) is 36.5 Å². The van der Waals surface area contributed by atoms with Crippen molar-refractivity contribution in [3.8, 4) is 11.3 Å². The van der Waals surface area contributed by atoms with Crippen LogP contribution in [0.2, 0.25) is 0 Å². The van der Waals surface area contributed by atoms with Gasteiger partial charge in [0, 0.05) is 24.1 Å². The van der Waals surface area contributed by atoms with Crippen molar-refractivity contribution in [2.45, 2.75) is 32.4 Å². The molecule has 1 aliphatic carbocycles. The van der Waals surface area contributed by atoms with Gasteiger partial charge >= 0.3 is 0 Å². The lowest BCUT2D eigenvalue weighted by Gasteiger charge is -1.99. The molecule has 2 unspecified atom stereocenters. The van der Waals surface area contributed by atoms with Crippen LogP contribution in [0.5, 0.6) is 0 Å². The molecule has 4 rings (SSSR count). The zero-order valence-corrected chi connectivity index (χ0v) is 13.2. The molecule has 118 valence electrons. The molecule has 2 atom stereocenters. The highest BCUT2D eigenvalue weighted by molar-refractivity contribution is 5.56. The maximum atomic E-state index is 5.88. The van der Waals surface area contributed by atoms with Crippen LogP contribution in [0, 0.1) is 5.92 Å². The van der Waals surface area contributed by atoms with Gasteiger partial charge in [-0.3, -0.25) is 0 Å². The molecule has 0 aliphatic heterocycles. The van der Waals surface area contributed by atoms with Crippen LogP contribution in [0.25, 0.3) is 11.3 Å². The third-order valence-corrected chi connectivity index (χ3v) is 4.38. The number of rotatable bonds is 6. The van der Waals surface area contributed by atoms with Gasteiger partial charge in [-0.1, -0.05) is 42.4 Å². The van der Waals surface area contributed by atoms with Crippen LogP contribution in [0.3, 0.4) is 0 Å². The Hall–Kier alpha value is -2.33. The van der Waals surface area contributed by atoms with Crippen LogP contribution in [0.4, 0.5) is 0 Å². The van der Waals surface area contributed by atoms with E-state index in [1.807, 2.05) is 36.4 Å². The van der Waals surface area contributed by atoms with Gasteiger partial charge in [0.05, 0.1) is 12.2 Å². The highest BCUT2D eigenvalue weighted by Crippen LogP contribution is 2.47. The Labute approximate surface area is 135 Å². The second kappa shape index (κ2) is 6.05. The average Bonchev–Trinajstić information content (AvgIpc) is 2.99. The molecule has 1 saturated carbocycles. The van der Waals surface area contributed by atoms with Gasteiger partial charge < -0.3 is 14.3 Å². The van der Waals surface area contributed by atoms with Gasteiger partial charge in [0.25, 0.3) is 0 Å². The van der Waals surface area contributed by atoms with Crippen molar-refractivity contribution in [1.29, 1.82) is 0 Å². The van der Waals surface area contributed by atoms with E-state index < -0.39 is 0 Å². The van der Waals surface area contributed by atoms with E-state index in [1.54, 1.807) is 0 Å². The van der Waals surface area contributed by atoms with E-state index in [2.05, 4.69) is 29.5 Å². The molecule has 0 amide bonds. The number of nitrogens with one attached hydrogen (secondary N) is 1. The molecule has 0 spiro atoms. The van der Waals surface area contributed by atoms with E-state index in [1.165, 1.54) is 6.42 Å². The molecular weight excluding hydrogens is 288 g/mol. The Balaban J connectivity index is 1.31. The number of furan rings is 1. The van der Waals surface area contributed by atoms with E-state index in [-0.39, 0.29) is 0 Å². The molecule has 1 aromatic carbocycles. The first kappa shape index (κ1) is 14.3. The first-order chi connectivity index (χ1) is 11.3. The van der Waals surface area contributed by atoms with E-state index in [0.717, 1.165) is 34.5 Å². The number of aromatic nitrogens is 1. The normalized spacial score (nSPS) is 19.9. The first-order valence-corrected chi connectivity index (χ1v) is 8.10. The van der Waals surface area contributed by atoms with E-state index in [0.29, 0.717) is 19.0 Å². The SMILES string of the molecule is CC1CC1c1ccc(CNCc2cc(-c3ccccc3)on2)o1. The third kappa shape index (κ3) is 3.22. The highest BCUT2D eigenvalue weighted by Gasteiger charge is 2.36. The monoisotopic (exact) mass is 308 g/mol. The molecule has 2 aromatic heterocycles. The second-order valence-electron chi connectivity index (χ2n) is 6.28. The average molecular weight is 308 g/mol. The topological polar surface area (TPSA) is 51.2 Å². The smallest absolute Gasteiger partial charge is 0.167 e. The molecule has 1 N–H and O–H groups in total. The number of nitrogens with zero attached hydrogens (tertiary/aromatic N) is 1. The van der Waals surface area contributed by atoms with Crippen molar-refractivity contribution in [2.24, 2.45) is 5.92 Å². The van der Waals surface area contributed by atoms with Gasteiger partial charge in [-0.15, -0.1) is 0 Å². The van der Waals surface area contributed by atoms with E-state index in [9.17, 15) is 0 Å². The van der Waals surface area contributed by atoms with Crippen molar-refractivity contribution < 1.29 is 8.94 Å². The van der Waals surface area contributed by atoms with Crippen LogP contribution in [-0.4, -0.2) is 5.16 Å². The third-order valence-electron chi connectivity index (χ3n) is 4.38. The van der Waals surface area contributed by atoms with E-state index in [4.69, 9.17) is 8.94 Å². The van der Waals surface area contributed by atoms with Crippen molar-refractivity contribution in [1.82, 2.24) is 10.5 Å². The Kier molecular flexibility index (Phi) is 3.75. The van der Waals surface area contributed by atoms with Gasteiger partial charge in [0.2, 0.25) is 0 Å². The van der Waals surface area contributed by atoms with Gasteiger partial charge in [-0.25, -0.2) is 0 Å². The predicted octanol–water partition coefficient (Wildman–Crippen LogP) is 4.35. The first-order valence-electron chi connectivity index (χ1n) is 8.10. The minimum Gasteiger partial charge on any atom is -0.464 e. The summed E-state index contributed by atoms with van der Waals surface area (Å²) >= 11 is 0. The predicted molar refractivity (Wildman–Crippen MR) is 87.7 cm³/mol. The minimum atomic E-state index is 0.632. The number of benzene rings is 1. The molecule has 2 heterocycles. The van der Waals surface area contributed by atoms with Crippen molar-refractivity contribution in [3.63, 3.8) is 0 Å². The summed E-state index contributed by atoms with van der Waals surface area (Å²) in [6, 6.07) is 16.1. The van der Waals surface area contributed by atoms with Crippen molar-refractivity contribution >= 4 is 0 Å². The summed E-state index contributed by atoms with van der Waals surface area (Å²) in [5.74, 6) is 4.31. The van der Waals surface area contributed by atoms with E-state index >= 15 is 0 Å². The highest BCUT2D eigenvalue weighted by atomic mass is 16.5. The van der Waals surface area contributed by atoms with Crippen molar-refractivity contribution in [3.05, 3.63) is 65.7 Å². The molecule has 1 fully saturated rings. The zero-order valence-electron chi connectivity index (χ0n) is 13.2. The molecule has 0 saturated heterocycles. The standard InChI is InChI=1S/C19H20N2O2/c1-13-9-17(13)18-8-7-16(22-18)12-20-11-15-10-19(23-21-15)14-5-3-2-4-6-14/h2-8,10,13,17,20H,9,11-12H2,1H3. The fourth-order valence-electron chi connectivity index (χ4n) is 2.85. The molecule has 1 aliphatic rings. The number of hydrogen-bond donors (Lipinski definition) is 1. The van der Waals surface area contributed by atoms with Gasteiger partial charge in [-0.05, 0) is 24.5 Å². The summed E-state index contributed by atoms with van der Waals surface area (Å²) in [7, 11) is 0. The van der Waals surface area contributed by atoms with Crippen molar-refractivity contribution in [2.75, 3.05) is 0 Å². The fourth-order valence-corrected chi connectivity index (χ4v) is 2.85. The fraction of sp³-hybridized carbons (Fsp3) is 0.316. The summed E-state index contributed by atoms with van der Waals surface area (Å²) in [5, 5.41) is 7.46. The Morgan fingerprint density at radius 2 is 1.96 bits per heavy atom. The maximum absolute atomic E-state index is 5.88. The lowest BCUT2D eigenvalue weighted by atomic mass is 10.2. The summed E-state index contributed by atoms with van der Waals surface area (Å²) in [6.07, 6.45) is 1.25. The number of hydrogen-bond acceptors (Lipinski definition) is 4. The Morgan fingerprint density at radius 3 is 2.74 bits per heavy atom. The van der Waals surface area contributed by atoms with Gasteiger partial charge in [0.15, 0.2) is 5.76 Å². The molecule has 0 bridgehead atoms. The largest absolute Gasteiger partial charge is 0.464 e. The maximum Gasteiger partial charge on any atom is 0.167 e. The zero-order chi connectivity index (χ0) is 15.6. The summed E-state index contributed by atoms with van der Waals surface area (Å²) < 4.78 is 11.3. The summed E-state index contributed by atoms with van der Waals surface area (Å²) in [4.78, 5) is 0. The summed E-state index contributed by atoms with van der Waals surface area (Å²) in [6.45, 7) is 3.63. The van der Waals surface area contributed by atoms with Gasteiger partial charge in [0.1, 0.15) is 11.5 Å². The minimum absolute atomic E-state index is 0.632. The van der Waals surface area contributed by atoms with Crippen LogP contribution in [0.15, 0.2) is 57.5 Å². The quantitative estimate of drug-likeness (QED) is 0.735. The Morgan fingerprint density at radius 1 is 1.13 bits per heavy atom. The molecule has 4 heteroatoms. The molecule has 0 radical (unpaired) electrons. The van der Waals surface area contributed by atoms with Gasteiger partial charge in [-0.2, -0.15) is 0 Å². The lowest BCUT2D eigenvalue weighted by Crippen LogP contribution is -2.12. The summed E-state index contributed by atoms with van der Waals surface area (Å²) in [5.41, 5.74) is 1.94. The van der Waals surface area contributed by atoms with Crippen LogP contribution < -0.4 is 5.32 Å². The van der Waals surface area contributed by atoms with Crippen LogP contribution in [-0.2, 0) is 13.1 Å². The molecule has 4 nitrogen and oxygen atoms in total. The Bertz CT molecular complexity index is 776.